The molecule has 0 saturated heterocycles. The van der Waals surface area contributed by atoms with Gasteiger partial charge in [-0.25, -0.2) is 0 Å². The molecule has 0 bridgehead atoms. The molecule has 0 saturated carbocycles. The summed E-state index contributed by atoms with van der Waals surface area (Å²) in [5, 5.41) is 4.51. The van der Waals surface area contributed by atoms with Crippen molar-refractivity contribution in [2.24, 2.45) is 0 Å². The van der Waals surface area contributed by atoms with Crippen molar-refractivity contribution in [3.8, 4) is 0 Å². The van der Waals surface area contributed by atoms with Gasteiger partial charge in [0, 0.05) is 11.1 Å². The Morgan fingerprint density at radius 1 is 0.952 bits per heavy atom. The number of unbranched alkanes of at least 4 members (excludes halogenated alkanes) is 6. The van der Waals surface area contributed by atoms with E-state index in [0.717, 1.165) is 11.6 Å². The van der Waals surface area contributed by atoms with Crippen LogP contribution < -0.4 is 5.32 Å². The number of hydrogen-bond acceptors (Lipinski definition) is 1. The molecule has 0 heterocycles. The molecule has 1 aromatic carbocycles. The second-order valence-electron chi connectivity index (χ2n) is 5.97. The third-order valence-electron chi connectivity index (χ3n) is 3.99. The highest BCUT2D eigenvalue weighted by atomic mass is 35.5. The van der Waals surface area contributed by atoms with Gasteiger partial charge in [0.1, 0.15) is 0 Å². The van der Waals surface area contributed by atoms with E-state index in [1.807, 2.05) is 6.07 Å². The molecule has 0 aliphatic carbocycles. The molecule has 1 atom stereocenters. The number of rotatable bonds is 12. The Kier molecular flexibility index (Phi) is 10.6. The maximum atomic E-state index is 6.13. The van der Waals surface area contributed by atoms with Gasteiger partial charge in [0.15, 0.2) is 0 Å². The van der Waals surface area contributed by atoms with Crippen LogP contribution in [0.4, 0.5) is 0 Å². The molecule has 1 unspecified atom stereocenters. The fourth-order valence-electron chi connectivity index (χ4n) is 2.73. The molecule has 0 aliphatic rings. The highest BCUT2D eigenvalue weighted by molar-refractivity contribution is 6.30. The van der Waals surface area contributed by atoms with Gasteiger partial charge < -0.3 is 5.32 Å². The average molecular weight is 310 g/mol. The Bertz CT molecular complexity index is 364. The zero-order valence-corrected chi connectivity index (χ0v) is 14.6. The second kappa shape index (κ2) is 12.1. The van der Waals surface area contributed by atoms with Gasteiger partial charge in [-0.3, -0.25) is 0 Å². The minimum atomic E-state index is 0.458. The van der Waals surface area contributed by atoms with Crippen molar-refractivity contribution in [2.45, 2.75) is 77.7 Å². The highest BCUT2D eigenvalue weighted by Crippen LogP contribution is 2.23. The summed E-state index contributed by atoms with van der Waals surface area (Å²) in [6, 6.07) is 8.77. The van der Waals surface area contributed by atoms with Crippen LogP contribution in [-0.2, 0) is 0 Å². The maximum Gasteiger partial charge on any atom is 0.0409 e. The number of nitrogens with one attached hydrogen (secondary N) is 1. The minimum Gasteiger partial charge on any atom is -0.310 e. The molecule has 1 N–H and O–H groups in total. The molecule has 0 aromatic heterocycles. The Labute approximate surface area is 136 Å². The standard InChI is InChI=1S/C19H32ClN/c1-3-5-6-7-8-9-10-14-19(21-15-4-2)17-12-11-13-18(20)16-17/h11-13,16,19,21H,3-10,14-15H2,1-2H3. The predicted octanol–water partition coefficient (Wildman–Crippen LogP) is 6.52. The minimum absolute atomic E-state index is 0.458. The van der Waals surface area contributed by atoms with Crippen molar-refractivity contribution >= 4 is 11.6 Å². The van der Waals surface area contributed by atoms with Gasteiger partial charge in [0.25, 0.3) is 0 Å². The van der Waals surface area contributed by atoms with Gasteiger partial charge in [-0.15, -0.1) is 0 Å². The molecule has 21 heavy (non-hydrogen) atoms. The van der Waals surface area contributed by atoms with E-state index in [1.165, 1.54) is 63.4 Å². The van der Waals surface area contributed by atoms with E-state index in [-0.39, 0.29) is 0 Å². The zero-order valence-electron chi connectivity index (χ0n) is 13.8. The summed E-state index contributed by atoms with van der Waals surface area (Å²) < 4.78 is 0. The van der Waals surface area contributed by atoms with Crippen LogP contribution in [0.25, 0.3) is 0 Å². The van der Waals surface area contributed by atoms with Gasteiger partial charge in [0.2, 0.25) is 0 Å². The van der Waals surface area contributed by atoms with Gasteiger partial charge in [0.05, 0.1) is 0 Å². The zero-order chi connectivity index (χ0) is 15.3. The fraction of sp³-hybridized carbons (Fsp3) is 0.684. The van der Waals surface area contributed by atoms with Crippen molar-refractivity contribution < 1.29 is 0 Å². The lowest BCUT2D eigenvalue weighted by Gasteiger charge is -2.19. The molecular weight excluding hydrogens is 278 g/mol. The van der Waals surface area contributed by atoms with Crippen LogP contribution in [0.2, 0.25) is 5.02 Å². The Morgan fingerprint density at radius 3 is 2.33 bits per heavy atom. The quantitative estimate of drug-likeness (QED) is 0.433. The summed E-state index contributed by atoms with van der Waals surface area (Å²) in [5.41, 5.74) is 1.34. The first-order chi connectivity index (χ1) is 10.3. The van der Waals surface area contributed by atoms with Crippen LogP contribution in [0, 0.1) is 0 Å². The summed E-state index contributed by atoms with van der Waals surface area (Å²) in [6.07, 6.45) is 12.0. The van der Waals surface area contributed by atoms with Crippen molar-refractivity contribution in [3.63, 3.8) is 0 Å². The molecule has 0 amide bonds. The molecular formula is C19H32ClN. The topological polar surface area (TPSA) is 12.0 Å². The Morgan fingerprint density at radius 2 is 1.67 bits per heavy atom. The lowest BCUT2D eigenvalue weighted by Crippen LogP contribution is -2.22. The van der Waals surface area contributed by atoms with Crippen molar-refractivity contribution in [3.05, 3.63) is 34.9 Å². The van der Waals surface area contributed by atoms with E-state index in [4.69, 9.17) is 11.6 Å². The van der Waals surface area contributed by atoms with E-state index in [2.05, 4.69) is 37.4 Å². The third kappa shape index (κ3) is 8.48. The first kappa shape index (κ1) is 18.5. The second-order valence-corrected chi connectivity index (χ2v) is 6.41. The van der Waals surface area contributed by atoms with Crippen molar-refractivity contribution in [1.82, 2.24) is 5.32 Å². The molecule has 0 aliphatic heterocycles. The first-order valence-electron chi connectivity index (χ1n) is 8.76. The number of hydrogen-bond donors (Lipinski definition) is 1. The number of halogens is 1. The van der Waals surface area contributed by atoms with Gasteiger partial charge >= 0.3 is 0 Å². The van der Waals surface area contributed by atoms with E-state index in [1.54, 1.807) is 0 Å². The van der Waals surface area contributed by atoms with E-state index < -0.39 is 0 Å². The van der Waals surface area contributed by atoms with Gasteiger partial charge in [-0.1, -0.05) is 82.5 Å². The summed E-state index contributed by atoms with van der Waals surface area (Å²) >= 11 is 6.13. The normalized spacial score (nSPS) is 12.5. The molecule has 1 aromatic rings. The smallest absolute Gasteiger partial charge is 0.0409 e. The monoisotopic (exact) mass is 309 g/mol. The SMILES string of the molecule is CCCCCCCCCC(NCCC)c1cccc(Cl)c1. The van der Waals surface area contributed by atoms with Gasteiger partial charge in [-0.05, 0) is 37.1 Å². The molecule has 2 heteroatoms. The van der Waals surface area contributed by atoms with E-state index in [9.17, 15) is 0 Å². The molecule has 120 valence electrons. The van der Waals surface area contributed by atoms with Crippen LogP contribution in [-0.4, -0.2) is 6.54 Å². The van der Waals surface area contributed by atoms with Crippen LogP contribution in [0.15, 0.2) is 24.3 Å². The summed E-state index contributed by atoms with van der Waals surface area (Å²) in [7, 11) is 0. The molecule has 0 spiro atoms. The average Bonchev–Trinajstić information content (AvgIpc) is 2.49. The lowest BCUT2D eigenvalue weighted by atomic mass is 9.99. The van der Waals surface area contributed by atoms with Crippen LogP contribution >= 0.6 is 11.6 Å². The largest absolute Gasteiger partial charge is 0.310 e. The van der Waals surface area contributed by atoms with Crippen LogP contribution in [0.1, 0.15) is 83.2 Å². The summed E-state index contributed by atoms with van der Waals surface area (Å²) in [4.78, 5) is 0. The molecule has 1 rings (SSSR count). The summed E-state index contributed by atoms with van der Waals surface area (Å²) in [6.45, 7) is 5.57. The Balaban J connectivity index is 2.33. The molecule has 0 fully saturated rings. The van der Waals surface area contributed by atoms with Gasteiger partial charge in [-0.2, -0.15) is 0 Å². The molecule has 1 nitrogen and oxygen atoms in total. The highest BCUT2D eigenvalue weighted by Gasteiger charge is 2.10. The van der Waals surface area contributed by atoms with Crippen molar-refractivity contribution in [1.29, 1.82) is 0 Å². The van der Waals surface area contributed by atoms with Crippen molar-refractivity contribution in [2.75, 3.05) is 6.54 Å². The van der Waals surface area contributed by atoms with Crippen LogP contribution in [0.5, 0.6) is 0 Å². The molecule has 0 radical (unpaired) electrons. The number of benzene rings is 1. The predicted molar refractivity (Wildman–Crippen MR) is 95.1 cm³/mol. The fourth-order valence-corrected chi connectivity index (χ4v) is 2.93. The first-order valence-corrected chi connectivity index (χ1v) is 9.14. The van der Waals surface area contributed by atoms with Crippen LogP contribution in [0.3, 0.4) is 0 Å². The Hall–Kier alpha value is -0.530. The lowest BCUT2D eigenvalue weighted by molar-refractivity contribution is 0.465. The maximum absolute atomic E-state index is 6.13. The third-order valence-corrected chi connectivity index (χ3v) is 4.22. The summed E-state index contributed by atoms with van der Waals surface area (Å²) in [5.74, 6) is 0. The van der Waals surface area contributed by atoms with E-state index >= 15 is 0 Å². The van der Waals surface area contributed by atoms with E-state index in [0.29, 0.717) is 6.04 Å².